The highest BCUT2D eigenvalue weighted by Gasteiger charge is 2.53. The van der Waals surface area contributed by atoms with Crippen LogP contribution < -0.4 is 15.6 Å². The predicted molar refractivity (Wildman–Crippen MR) is 158 cm³/mol. The second kappa shape index (κ2) is 14.3. The Labute approximate surface area is 243 Å². The van der Waals surface area contributed by atoms with Gasteiger partial charge in [0.1, 0.15) is 5.75 Å². The fourth-order valence-electron chi connectivity index (χ4n) is 4.51. The van der Waals surface area contributed by atoms with Gasteiger partial charge in [0.15, 0.2) is 11.6 Å². The van der Waals surface area contributed by atoms with E-state index in [9.17, 15) is 4.79 Å². The molecule has 0 saturated heterocycles. The second-order valence-electron chi connectivity index (χ2n) is 9.25. The van der Waals surface area contributed by atoms with E-state index in [-0.39, 0.29) is 18.9 Å². The number of halogens is 1. The predicted octanol–water partition coefficient (Wildman–Crippen LogP) is 5.74. The van der Waals surface area contributed by atoms with Gasteiger partial charge in [0.25, 0.3) is 5.91 Å². The molecule has 10 nitrogen and oxygen atoms in total. The number of nitrogens with one attached hydrogen (secondary N) is 2. The van der Waals surface area contributed by atoms with Crippen LogP contribution in [0.25, 0.3) is 10.4 Å². The van der Waals surface area contributed by atoms with E-state index >= 15 is 0 Å². The van der Waals surface area contributed by atoms with Crippen molar-refractivity contribution in [2.45, 2.75) is 30.9 Å². The third-order valence-electron chi connectivity index (χ3n) is 6.54. The maximum Gasteiger partial charge on any atom is 0.266 e. The van der Waals surface area contributed by atoms with E-state index in [0.717, 1.165) is 5.56 Å². The zero-order valence-corrected chi connectivity index (χ0v) is 23.1. The van der Waals surface area contributed by atoms with E-state index in [2.05, 4.69) is 27.5 Å². The van der Waals surface area contributed by atoms with E-state index in [1.807, 2.05) is 24.3 Å². The number of rotatable bonds is 14. The first-order chi connectivity index (χ1) is 20.0. The van der Waals surface area contributed by atoms with Gasteiger partial charge in [-0.05, 0) is 47.8 Å². The molecule has 0 fully saturated rings. The minimum Gasteiger partial charge on any atom is -0.494 e. The molecule has 0 unspecified atom stereocenters. The van der Waals surface area contributed by atoms with Gasteiger partial charge in [0.05, 0.1) is 6.61 Å². The van der Waals surface area contributed by atoms with Crippen molar-refractivity contribution in [3.05, 3.63) is 118 Å². The number of hydrogen-bond acceptors (Lipinski definition) is 7. The Morgan fingerprint density at radius 1 is 1.20 bits per heavy atom. The number of nitrogens with zero attached hydrogens (tertiary/aromatic N) is 4. The molecule has 41 heavy (non-hydrogen) atoms. The molecule has 3 aromatic rings. The van der Waals surface area contributed by atoms with Gasteiger partial charge in [-0.25, -0.2) is 10.4 Å². The summed E-state index contributed by atoms with van der Waals surface area (Å²) in [6.45, 7) is 4.73. The number of hydrazine groups is 1. The average Bonchev–Trinajstić information content (AvgIpc) is 3.37. The third kappa shape index (κ3) is 7.06. The Bertz CT molecular complexity index is 1440. The lowest BCUT2D eigenvalue weighted by molar-refractivity contribution is -0.129. The number of carbonyl (C=O) groups excluding carboxylic acids is 1. The SMILES string of the molecule is C=CC[C@]1(C(=O)NNCCc2ccccc2Cl)N=C(c2ccc(OCCCO)cc2)O[C@H]1c1ccccc1N=[N+]=[N-]. The minimum atomic E-state index is -1.45. The lowest BCUT2D eigenvalue weighted by Gasteiger charge is -2.30. The molecular weight excluding hydrogens is 544 g/mol. The van der Waals surface area contributed by atoms with Gasteiger partial charge in [-0.1, -0.05) is 65.3 Å². The normalized spacial score (nSPS) is 17.6. The van der Waals surface area contributed by atoms with E-state index in [4.69, 9.17) is 36.7 Å². The quantitative estimate of drug-likeness (QED) is 0.0562. The minimum absolute atomic E-state index is 0.0454. The Morgan fingerprint density at radius 2 is 1.95 bits per heavy atom. The zero-order valence-electron chi connectivity index (χ0n) is 22.4. The van der Waals surface area contributed by atoms with Crippen LogP contribution >= 0.6 is 11.6 Å². The number of hydrogen-bond donors (Lipinski definition) is 3. The molecule has 0 saturated carbocycles. The Morgan fingerprint density at radius 3 is 2.68 bits per heavy atom. The number of ether oxygens (including phenoxy) is 2. The average molecular weight is 575 g/mol. The number of aliphatic hydroxyl groups is 1. The highest BCUT2D eigenvalue weighted by Crippen LogP contribution is 2.45. The van der Waals surface area contributed by atoms with Crippen LogP contribution in [-0.2, 0) is 16.0 Å². The summed E-state index contributed by atoms with van der Waals surface area (Å²) < 4.78 is 12.0. The van der Waals surface area contributed by atoms with E-state index in [1.54, 1.807) is 54.6 Å². The Hall–Kier alpha value is -4.34. The summed E-state index contributed by atoms with van der Waals surface area (Å²) in [7, 11) is 0. The topological polar surface area (TPSA) is 141 Å². The van der Waals surface area contributed by atoms with Crippen LogP contribution in [0.15, 0.2) is 95.6 Å². The van der Waals surface area contributed by atoms with Crippen LogP contribution in [0, 0.1) is 0 Å². The summed E-state index contributed by atoms with van der Waals surface area (Å²) in [6.07, 6.45) is 1.96. The van der Waals surface area contributed by atoms with Gasteiger partial charge in [0, 0.05) is 52.7 Å². The van der Waals surface area contributed by atoms with E-state index in [0.29, 0.717) is 53.6 Å². The van der Waals surface area contributed by atoms with E-state index in [1.165, 1.54) is 0 Å². The molecule has 0 radical (unpaired) electrons. The molecule has 1 aliphatic rings. The smallest absolute Gasteiger partial charge is 0.266 e. The molecule has 0 aromatic heterocycles. The maximum absolute atomic E-state index is 13.9. The number of amides is 1. The van der Waals surface area contributed by atoms with Crippen molar-refractivity contribution < 1.29 is 19.4 Å². The lowest BCUT2D eigenvalue weighted by atomic mass is 9.84. The summed E-state index contributed by atoms with van der Waals surface area (Å²) in [6, 6.07) is 21.6. The Kier molecular flexibility index (Phi) is 10.4. The van der Waals surface area contributed by atoms with Crippen LogP contribution in [0.4, 0.5) is 5.69 Å². The van der Waals surface area contributed by atoms with Crippen molar-refractivity contribution in [3.8, 4) is 5.75 Å². The zero-order chi connectivity index (χ0) is 29.1. The van der Waals surface area contributed by atoms with Crippen molar-refractivity contribution >= 4 is 29.1 Å². The first-order valence-corrected chi connectivity index (χ1v) is 13.5. The number of benzene rings is 3. The van der Waals surface area contributed by atoms with Gasteiger partial charge in [-0.2, -0.15) is 0 Å². The molecule has 4 rings (SSSR count). The molecule has 0 spiro atoms. The van der Waals surface area contributed by atoms with Gasteiger partial charge < -0.3 is 14.6 Å². The maximum atomic E-state index is 13.9. The summed E-state index contributed by atoms with van der Waals surface area (Å²) in [5.74, 6) is 0.445. The van der Waals surface area contributed by atoms with Gasteiger partial charge in [0.2, 0.25) is 5.90 Å². The number of aliphatic imine (C=N–C) groups is 1. The molecule has 1 heterocycles. The molecule has 11 heteroatoms. The summed E-state index contributed by atoms with van der Waals surface area (Å²) in [5.41, 5.74) is 15.9. The monoisotopic (exact) mass is 574 g/mol. The molecule has 0 aliphatic carbocycles. The fraction of sp³-hybridized carbons (Fsp3) is 0.267. The summed E-state index contributed by atoms with van der Waals surface area (Å²) in [4.78, 5) is 21.7. The van der Waals surface area contributed by atoms with Crippen LogP contribution in [0.2, 0.25) is 5.02 Å². The Balaban J connectivity index is 1.63. The summed E-state index contributed by atoms with van der Waals surface area (Å²) in [5, 5.41) is 13.5. The number of aliphatic hydroxyl groups excluding tert-OH is 1. The van der Waals surface area contributed by atoms with Gasteiger partial charge >= 0.3 is 0 Å². The third-order valence-corrected chi connectivity index (χ3v) is 6.90. The molecule has 2 atom stereocenters. The van der Waals surface area contributed by atoms with Crippen molar-refractivity contribution in [2.75, 3.05) is 19.8 Å². The van der Waals surface area contributed by atoms with Crippen LogP contribution in [0.1, 0.15) is 35.6 Å². The van der Waals surface area contributed by atoms with Crippen molar-refractivity contribution in [3.63, 3.8) is 0 Å². The molecule has 0 bridgehead atoms. The van der Waals surface area contributed by atoms with Crippen LogP contribution in [-0.4, -0.2) is 42.2 Å². The van der Waals surface area contributed by atoms with Crippen molar-refractivity contribution in [1.82, 2.24) is 10.9 Å². The highest BCUT2D eigenvalue weighted by atomic mass is 35.5. The summed E-state index contributed by atoms with van der Waals surface area (Å²) >= 11 is 6.26. The molecular formula is C30H31ClN6O4. The van der Waals surface area contributed by atoms with Crippen molar-refractivity contribution in [2.24, 2.45) is 10.1 Å². The molecule has 3 aromatic carbocycles. The molecule has 1 aliphatic heterocycles. The van der Waals surface area contributed by atoms with Gasteiger partial charge in [-0.3, -0.25) is 10.2 Å². The van der Waals surface area contributed by atoms with Crippen LogP contribution in [0.3, 0.4) is 0 Å². The van der Waals surface area contributed by atoms with E-state index < -0.39 is 17.6 Å². The second-order valence-corrected chi connectivity index (χ2v) is 9.66. The van der Waals surface area contributed by atoms with Crippen LogP contribution in [0.5, 0.6) is 5.75 Å². The molecule has 1 amide bonds. The first-order valence-electron chi connectivity index (χ1n) is 13.1. The fourth-order valence-corrected chi connectivity index (χ4v) is 4.74. The number of azide groups is 1. The largest absolute Gasteiger partial charge is 0.494 e. The lowest BCUT2D eigenvalue weighted by Crippen LogP contribution is -2.52. The number of carbonyl (C=O) groups is 1. The molecule has 212 valence electrons. The van der Waals surface area contributed by atoms with Crippen molar-refractivity contribution in [1.29, 1.82) is 0 Å². The first kappa shape index (κ1) is 29.6. The molecule has 3 N–H and O–H groups in total. The van der Waals surface area contributed by atoms with Gasteiger partial charge in [-0.15, -0.1) is 6.58 Å². The standard InChI is InChI=1S/C30H31ClN6O4/c1-2-17-30(29(39)36-33-18-16-21-8-3-5-10-25(21)31)27(24-9-4-6-11-26(24)35-37-32)41-28(34-30)22-12-14-23(15-13-22)40-20-7-19-38/h2-6,8-15,27,33,38H,1,7,16-20H2,(H,36,39)/t27-,30-/m0/s1. The highest BCUT2D eigenvalue weighted by molar-refractivity contribution is 6.31.